The maximum absolute atomic E-state index is 11.9. The minimum atomic E-state index is 0.150. The lowest BCUT2D eigenvalue weighted by Crippen LogP contribution is -2.54. The summed E-state index contributed by atoms with van der Waals surface area (Å²) in [5.74, 6) is 1.83. The molecule has 0 aromatic heterocycles. The van der Waals surface area contributed by atoms with Gasteiger partial charge < -0.3 is 10.4 Å². The molecule has 0 spiro atoms. The van der Waals surface area contributed by atoms with Crippen LogP contribution in [0.1, 0.15) is 33.1 Å². The Morgan fingerprint density at radius 3 is 2.72 bits per heavy atom. The maximum Gasteiger partial charge on any atom is 0.234 e. The SMILES string of the molecule is CC1CCCC(NC(=O)CN2CC(CO)C2)C1C. The van der Waals surface area contributed by atoms with Crippen molar-refractivity contribution in [3.63, 3.8) is 0 Å². The molecule has 1 heterocycles. The van der Waals surface area contributed by atoms with Crippen molar-refractivity contribution < 1.29 is 9.90 Å². The smallest absolute Gasteiger partial charge is 0.234 e. The molecule has 3 atom stereocenters. The summed E-state index contributed by atoms with van der Waals surface area (Å²) in [5.41, 5.74) is 0. The van der Waals surface area contributed by atoms with E-state index < -0.39 is 0 Å². The monoisotopic (exact) mass is 254 g/mol. The fourth-order valence-electron chi connectivity index (χ4n) is 3.16. The lowest BCUT2D eigenvalue weighted by atomic mass is 9.78. The number of amides is 1. The number of hydrogen-bond acceptors (Lipinski definition) is 3. The summed E-state index contributed by atoms with van der Waals surface area (Å²) in [7, 11) is 0. The van der Waals surface area contributed by atoms with Crippen LogP contribution < -0.4 is 5.32 Å². The van der Waals surface area contributed by atoms with Crippen LogP contribution in [0, 0.1) is 17.8 Å². The van der Waals surface area contributed by atoms with Crippen LogP contribution in [0.5, 0.6) is 0 Å². The number of carbonyl (C=O) groups excluding carboxylic acids is 1. The lowest BCUT2D eigenvalue weighted by Gasteiger charge is -2.39. The van der Waals surface area contributed by atoms with Gasteiger partial charge in [-0.05, 0) is 18.3 Å². The minimum Gasteiger partial charge on any atom is -0.396 e. The number of hydrogen-bond donors (Lipinski definition) is 2. The van der Waals surface area contributed by atoms with Gasteiger partial charge in [0.25, 0.3) is 0 Å². The first-order chi connectivity index (χ1) is 8.60. The van der Waals surface area contributed by atoms with E-state index in [9.17, 15) is 4.79 Å². The van der Waals surface area contributed by atoms with E-state index in [0.717, 1.165) is 19.5 Å². The Morgan fingerprint density at radius 2 is 2.06 bits per heavy atom. The van der Waals surface area contributed by atoms with Gasteiger partial charge in [-0.3, -0.25) is 9.69 Å². The number of rotatable bonds is 4. The van der Waals surface area contributed by atoms with E-state index in [-0.39, 0.29) is 12.5 Å². The van der Waals surface area contributed by atoms with Gasteiger partial charge in [-0.1, -0.05) is 26.7 Å². The molecule has 104 valence electrons. The highest BCUT2D eigenvalue weighted by molar-refractivity contribution is 5.78. The van der Waals surface area contributed by atoms with E-state index in [2.05, 4.69) is 24.1 Å². The molecule has 0 radical (unpaired) electrons. The summed E-state index contributed by atoms with van der Waals surface area (Å²) in [6, 6.07) is 0.358. The second kappa shape index (κ2) is 6.02. The normalized spacial score (nSPS) is 34.1. The summed E-state index contributed by atoms with van der Waals surface area (Å²) in [4.78, 5) is 14.1. The van der Waals surface area contributed by atoms with Crippen LogP contribution in [0.3, 0.4) is 0 Å². The predicted octanol–water partition coefficient (Wildman–Crippen LogP) is 0.851. The molecule has 1 aliphatic heterocycles. The van der Waals surface area contributed by atoms with E-state index in [1.165, 1.54) is 12.8 Å². The molecule has 0 bridgehead atoms. The Bertz CT molecular complexity index is 290. The van der Waals surface area contributed by atoms with Crippen molar-refractivity contribution in [3.05, 3.63) is 0 Å². The highest BCUT2D eigenvalue weighted by Crippen LogP contribution is 2.29. The second-order valence-electron chi connectivity index (χ2n) is 6.18. The molecule has 1 amide bonds. The third-order valence-electron chi connectivity index (χ3n) is 4.71. The van der Waals surface area contributed by atoms with Gasteiger partial charge in [0, 0.05) is 31.7 Å². The highest BCUT2D eigenvalue weighted by atomic mass is 16.3. The molecule has 2 N–H and O–H groups in total. The Balaban J connectivity index is 1.71. The van der Waals surface area contributed by atoms with Gasteiger partial charge in [-0.25, -0.2) is 0 Å². The fraction of sp³-hybridized carbons (Fsp3) is 0.929. The topological polar surface area (TPSA) is 52.6 Å². The summed E-state index contributed by atoms with van der Waals surface area (Å²) < 4.78 is 0. The zero-order chi connectivity index (χ0) is 13.1. The molecule has 3 unspecified atom stereocenters. The molecule has 4 heteroatoms. The summed E-state index contributed by atoms with van der Waals surface area (Å²) >= 11 is 0. The van der Waals surface area contributed by atoms with Crippen molar-refractivity contribution in [1.82, 2.24) is 10.2 Å². The van der Waals surface area contributed by atoms with Crippen LogP contribution >= 0.6 is 0 Å². The van der Waals surface area contributed by atoms with Crippen molar-refractivity contribution in [2.75, 3.05) is 26.2 Å². The average Bonchev–Trinajstić information content (AvgIpc) is 2.29. The van der Waals surface area contributed by atoms with Gasteiger partial charge >= 0.3 is 0 Å². The third kappa shape index (κ3) is 3.23. The average molecular weight is 254 g/mol. The number of likely N-dealkylation sites (tertiary alicyclic amines) is 1. The second-order valence-corrected chi connectivity index (χ2v) is 6.18. The van der Waals surface area contributed by atoms with E-state index in [4.69, 9.17) is 5.11 Å². The van der Waals surface area contributed by atoms with Gasteiger partial charge in [0.1, 0.15) is 0 Å². The van der Waals surface area contributed by atoms with Gasteiger partial charge in [0.05, 0.1) is 6.54 Å². The summed E-state index contributed by atoms with van der Waals surface area (Å²) in [6.45, 7) is 6.99. The number of aliphatic hydroxyl groups excluding tert-OH is 1. The van der Waals surface area contributed by atoms with Crippen LogP contribution in [0.4, 0.5) is 0 Å². The number of nitrogens with zero attached hydrogens (tertiary/aromatic N) is 1. The first kappa shape index (κ1) is 13.8. The van der Waals surface area contributed by atoms with Crippen molar-refractivity contribution in [3.8, 4) is 0 Å². The molecule has 2 rings (SSSR count). The molecule has 4 nitrogen and oxygen atoms in total. The van der Waals surface area contributed by atoms with E-state index in [1.54, 1.807) is 0 Å². The number of carbonyl (C=O) groups is 1. The Labute approximate surface area is 110 Å². The minimum absolute atomic E-state index is 0.150. The molecule has 18 heavy (non-hydrogen) atoms. The molecule has 1 saturated heterocycles. The summed E-state index contributed by atoms with van der Waals surface area (Å²) in [6.07, 6.45) is 3.64. The first-order valence-electron chi connectivity index (χ1n) is 7.22. The van der Waals surface area contributed by atoms with Crippen LogP contribution in [-0.4, -0.2) is 48.2 Å². The highest BCUT2D eigenvalue weighted by Gasteiger charge is 2.30. The fourth-order valence-corrected chi connectivity index (χ4v) is 3.16. The van der Waals surface area contributed by atoms with Crippen molar-refractivity contribution >= 4 is 5.91 Å². The van der Waals surface area contributed by atoms with Crippen LogP contribution in [0.2, 0.25) is 0 Å². The van der Waals surface area contributed by atoms with Crippen LogP contribution in [-0.2, 0) is 4.79 Å². The lowest BCUT2D eigenvalue weighted by molar-refractivity contribution is -0.125. The van der Waals surface area contributed by atoms with Gasteiger partial charge in [0.2, 0.25) is 5.91 Å². The van der Waals surface area contributed by atoms with E-state index in [1.807, 2.05) is 0 Å². The predicted molar refractivity (Wildman–Crippen MR) is 71.1 cm³/mol. The van der Waals surface area contributed by atoms with Gasteiger partial charge in [-0.2, -0.15) is 0 Å². The first-order valence-corrected chi connectivity index (χ1v) is 7.22. The largest absolute Gasteiger partial charge is 0.396 e. The molecule has 1 saturated carbocycles. The quantitative estimate of drug-likeness (QED) is 0.782. The molecule has 1 aliphatic carbocycles. The van der Waals surface area contributed by atoms with E-state index >= 15 is 0 Å². The van der Waals surface area contributed by atoms with Gasteiger partial charge in [0.15, 0.2) is 0 Å². The molecule has 0 aromatic rings. The van der Waals surface area contributed by atoms with Crippen LogP contribution in [0.15, 0.2) is 0 Å². The molecular formula is C14H26N2O2. The Morgan fingerprint density at radius 1 is 1.33 bits per heavy atom. The van der Waals surface area contributed by atoms with Crippen LogP contribution in [0.25, 0.3) is 0 Å². The molecule has 2 fully saturated rings. The van der Waals surface area contributed by atoms with Crippen molar-refractivity contribution in [1.29, 1.82) is 0 Å². The molecule has 2 aliphatic rings. The molecular weight excluding hydrogens is 228 g/mol. The zero-order valence-corrected chi connectivity index (χ0v) is 11.6. The zero-order valence-electron chi connectivity index (χ0n) is 11.6. The standard InChI is InChI=1S/C14H26N2O2/c1-10-4-3-5-13(11(10)2)15-14(18)8-16-6-12(7-16)9-17/h10-13,17H,3-9H2,1-2H3,(H,15,18). The van der Waals surface area contributed by atoms with Gasteiger partial charge in [-0.15, -0.1) is 0 Å². The van der Waals surface area contributed by atoms with Crippen molar-refractivity contribution in [2.24, 2.45) is 17.8 Å². The van der Waals surface area contributed by atoms with Crippen molar-refractivity contribution in [2.45, 2.75) is 39.2 Å². The molecule has 0 aromatic carbocycles. The third-order valence-corrected chi connectivity index (χ3v) is 4.71. The summed E-state index contributed by atoms with van der Waals surface area (Å²) in [5, 5.41) is 12.1. The Hall–Kier alpha value is -0.610. The number of nitrogens with one attached hydrogen (secondary N) is 1. The number of aliphatic hydroxyl groups is 1. The van der Waals surface area contributed by atoms with E-state index in [0.29, 0.717) is 30.3 Å². The maximum atomic E-state index is 11.9. The Kier molecular flexibility index (Phi) is 4.62.